The molecule has 1 aromatic heterocycles. The minimum atomic E-state index is -4.46. The maximum Gasteiger partial charge on any atom is 0.416 e. The Balaban J connectivity index is 2.52. The molecule has 0 aliphatic rings. The molecule has 0 amide bonds. The second-order valence-electron chi connectivity index (χ2n) is 4.07. The van der Waals surface area contributed by atoms with Crippen LogP contribution in [0.15, 0.2) is 39.4 Å². The van der Waals surface area contributed by atoms with Gasteiger partial charge in [0.05, 0.1) is 16.3 Å². The van der Waals surface area contributed by atoms with Crippen LogP contribution >= 0.6 is 15.9 Å². The molecule has 1 unspecified atom stereocenters. The number of furan rings is 1. The zero-order chi connectivity index (χ0) is 14.9. The smallest absolute Gasteiger partial charge is 0.416 e. The second-order valence-corrected chi connectivity index (χ2v) is 4.93. The van der Waals surface area contributed by atoms with E-state index in [-0.39, 0.29) is 11.3 Å². The zero-order valence-electron chi connectivity index (χ0n) is 10.0. The van der Waals surface area contributed by atoms with E-state index in [1.165, 1.54) is 12.3 Å². The second kappa shape index (κ2) is 5.47. The number of hydrazine groups is 1. The third kappa shape index (κ3) is 2.82. The number of alkyl halides is 3. The van der Waals surface area contributed by atoms with E-state index < -0.39 is 17.8 Å². The molecule has 0 radical (unpaired) electrons. The molecule has 2 aromatic rings. The normalized spacial score (nSPS) is 13.4. The Morgan fingerprint density at radius 1 is 1.25 bits per heavy atom. The van der Waals surface area contributed by atoms with E-state index in [4.69, 9.17) is 16.0 Å². The Kier molecular flexibility index (Phi) is 4.07. The van der Waals surface area contributed by atoms with E-state index in [1.54, 1.807) is 6.07 Å². The fourth-order valence-electron chi connectivity index (χ4n) is 1.82. The Labute approximate surface area is 121 Å². The summed E-state index contributed by atoms with van der Waals surface area (Å²) in [7, 11) is 0. The lowest BCUT2D eigenvalue weighted by molar-refractivity contribution is -0.137. The number of rotatable bonds is 3. The summed E-state index contributed by atoms with van der Waals surface area (Å²) in [4.78, 5) is 0. The van der Waals surface area contributed by atoms with Crippen molar-refractivity contribution in [1.82, 2.24) is 5.43 Å². The number of hydrogen-bond donors (Lipinski definition) is 3. The number of nitrogens with one attached hydrogen (secondary N) is 1. The highest BCUT2D eigenvalue weighted by atomic mass is 79.9. The first-order chi connectivity index (χ1) is 9.34. The topological polar surface area (TPSA) is 77.2 Å². The van der Waals surface area contributed by atoms with Gasteiger partial charge in [0.15, 0.2) is 0 Å². The van der Waals surface area contributed by atoms with Crippen molar-refractivity contribution in [3.05, 3.63) is 51.9 Å². The Morgan fingerprint density at radius 3 is 2.45 bits per heavy atom. The van der Waals surface area contributed by atoms with Gasteiger partial charge in [-0.05, 0) is 40.2 Å². The predicted octanol–water partition coefficient (Wildman–Crippen LogP) is 3.20. The van der Waals surface area contributed by atoms with E-state index >= 15 is 0 Å². The minimum absolute atomic E-state index is 0.184. The van der Waals surface area contributed by atoms with E-state index in [2.05, 4.69) is 21.4 Å². The van der Waals surface area contributed by atoms with Crippen LogP contribution in [0, 0.1) is 0 Å². The minimum Gasteiger partial charge on any atom is -0.466 e. The molecule has 0 spiro atoms. The molecule has 0 aliphatic carbocycles. The van der Waals surface area contributed by atoms with Crippen LogP contribution in [0.4, 0.5) is 18.9 Å². The Hall–Kier alpha value is -1.51. The number of halogens is 4. The molecule has 20 heavy (non-hydrogen) atoms. The van der Waals surface area contributed by atoms with E-state index in [1.807, 2.05) is 0 Å². The van der Waals surface area contributed by atoms with Crippen LogP contribution in [0.2, 0.25) is 0 Å². The molecule has 2 rings (SSSR count). The standard InChI is InChI=1S/C12H11BrF3N3O/c13-8-3-4-20-11(8)10(19-18)7-5-6(12(14,15)16)1-2-9(7)17/h1-5,10,19H,17-18H2. The van der Waals surface area contributed by atoms with Gasteiger partial charge in [-0.15, -0.1) is 0 Å². The van der Waals surface area contributed by atoms with E-state index in [9.17, 15) is 13.2 Å². The Bertz CT molecular complexity index is 612. The molecule has 4 nitrogen and oxygen atoms in total. The van der Waals surface area contributed by atoms with E-state index in [0.717, 1.165) is 12.1 Å². The molecule has 0 fully saturated rings. The van der Waals surface area contributed by atoms with Crippen molar-refractivity contribution in [3.63, 3.8) is 0 Å². The van der Waals surface area contributed by atoms with Crippen molar-refractivity contribution in [3.8, 4) is 0 Å². The van der Waals surface area contributed by atoms with Gasteiger partial charge in [-0.25, -0.2) is 5.43 Å². The van der Waals surface area contributed by atoms with Gasteiger partial charge in [0.25, 0.3) is 0 Å². The molecule has 1 heterocycles. The fraction of sp³-hybridized carbons (Fsp3) is 0.167. The molecule has 108 valence electrons. The van der Waals surface area contributed by atoms with Gasteiger partial charge in [-0.3, -0.25) is 5.84 Å². The summed E-state index contributed by atoms with van der Waals surface area (Å²) in [6.45, 7) is 0. The summed E-state index contributed by atoms with van der Waals surface area (Å²) in [6, 6.07) is 3.89. The molecule has 1 atom stereocenters. The molecule has 0 bridgehead atoms. The average molecular weight is 350 g/mol. The van der Waals surface area contributed by atoms with Crippen LogP contribution in [-0.2, 0) is 6.18 Å². The lowest BCUT2D eigenvalue weighted by Gasteiger charge is -2.18. The molecular formula is C12H11BrF3N3O. The van der Waals surface area contributed by atoms with Crippen molar-refractivity contribution in [2.75, 3.05) is 5.73 Å². The quantitative estimate of drug-likeness (QED) is 0.451. The van der Waals surface area contributed by atoms with Gasteiger partial charge >= 0.3 is 6.18 Å². The first kappa shape index (κ1) is 14.9. The zero-order valence-corrected chi connectivity index (χ0v) is 11.6. The van der Waals surface area contributed by atoms with Crippen LogP contribution in [0.5, 0.6) is 0 Å². The molecule has 0 saturated carbocycles. The summed E-state index contributed by atoms with van der Waals surface area (Å²) in [5, 5.41) is 0. The largest absolute Gasteiger partial charge is 0.466 e. The average Bonchev–Trinajstić information content (AvgIpc) is 2.78. The van der Waals surface area contributed by atoms with Gasteiger partial charge in [-0.1, -0.05) is 0 Å². The van der Waals surface area contributed by atoms with Crippen molar-refractivity contribution in [2.24, 2.45) is 5.84 Å². The first-order valence-electron chi connectivity index (χ1n) is 5.50. The van der Waals surface area contributed by atoms with Gasteiger partial charge in [-0.2, -0.15) is 13.2 Å². The molecule has 1 aromatic carbocycles. The van der Waals surface area contributed by atoms with Gasteiger partial charge in [0.1, 0.15) is 11.8 Å². The van der Waals surface area contributed by atoms with Gasteiger partial charge in [0.2, 0.25) is 0 Å². The van der Waals surface area contributed by atoms with Crippen LogP contribution in [0.3, 0.4) is 0 Å². The molecule has 5 N–H and O–H groups in total. The number of anilines is 1. The summed E-state index contributed by atoms with van der Waals surface area (Å²) in [5.41, 5.74) is 7.73. The molecular weight excluding hydrogens is 339 g/mol. The number of hydrogen-bond acceptors (Lipinski definition) is 4. The number of nitrogens with two attached hydrogens (primary N) is 2. The highest BCUT2D eigenvalue weighted by Crippen LogP contribution is 2.36. The van der Waals surface area contributed by atoms with Crippen molar-refractivity contribution in [1.29, 1.82) is 0 Å². The van der Waals surface area contributed by atoms with Crippen LogP contribution in [0.1, 0.15) is 22.9 Å². The summed E-state index contributed by atoms with van der Waals surface area (Å²) >= 11 is 3.24. The van der Waals surface area contributed by atoms with Crippen molar-refractivity contribution < 1.29 is 17.6 Å². The van der Waals surface area contributed by atoms with Gasteiger partial charge in [0, 0.05) is 11.3 Å². The summed E-state index contributed by atoms with van der Waals surface area (Å²) in [5.74, 6) is 5.77. The number of nitrogen functional groups attached to an aromatic ring is 1. The van der Waals surface area contributed by atoms with Crippen LogP contribution in [0.25, 0.3) is 0 Å². The highest BCUT2D eigenvalue weighted by molar-refractivity contribution is 9.10. The maximum atomic E-state index is 12.8. The monoisotopic (exact) mass is 349 g/mol. The fourth-order valence-corrected chi connectivity index (χ4v) is 2.25. The lowest BCUT2D eigenvalue weighted by Crippen LogP contribution is -2.29. The SMILES string of the molecule is NNC(c1cc(C(F)(F)F)ccc1N)c1occc1Br. The molecule has 0 saturated heterocycles. The summed E-state index contributed by atoms with van der Waals surface area (Å²) in [6.07, 6.45) is -3.06. The van der Waals surface area contributed by atoms with Gasteiger partial charge < -0.3 is 10.2 Å². The highest BCUT2D eigenvalue weighted by Gasteiger charge is 2.32. The summed E-state index contributed by atoms with van der Waals surface area (Å²) < 4.78 is 44.1. The third-order valence-electron chi connectivity index (χ3n) is 2.80. The lowest BCUT2D eigenvalue weighted by atomic mass is 10.00. The van der Waals surface area contributed by atoms with E-state index in [0.29, 0.717) is 10.2 Å². The predicted molar refractivity (Wildman–Crippen MR) is 71.4 cm³/mol. The van der Waals surface area contributed by atoms with Crippen molar-refractivity contribution >= 4 is 21.6 Å². The first-order valence-corrected chi connectivity index (χ1v) is 6.29. The molecule has 8 heteroatoms. The maximum absolute atomic E-state index is 12.8. The molecule has 0 aliphatic heterocycles. The Morgan fingerprint density at radius 2 is 1.95 bits per heavy atom. The van der Waals surface area contributed by atoms with Crippen LogP contribution in [-0.4, -0.2) is 0 Å². The number of benzene rings is 1. The van der Waals surface area contributed by atoms with Crippen molar-refractivity contribution in [2.45, 2.75) is 12.2 Å². The van der Waals surface area contributed by atoms with Crippen LogP contribution < -0.4 is 17.0 Å². The third-order valence-corrected chi connectivity index (χ3v) is 3.45.